The number of hydrogen-bond donors (Lipinski definition) is 4. The van der Waals surface area contributed by atoms with Crippen molar-refractivity contribution in [2.24, 2.45) is 0 Å². The van der Waals surface area contributed by atoms with E-state index in [0.717, 1.165) is 17.4 Å². The Hall–Kier alpha value is -5.11. The zero-order valence-electron chi connectivity index (χ0n) is 32.3. The normalized spacial score (nSPS) is 11.1. The van der Waals surface area contributed by atoms with Crippen LogP contribution in [-0.4, -0.2) is 111 Å². The first-order valence-corrected chi connectivity index (χ1v) is 20.1. The van der Waals surface area contributed by atoms with Gasteiger partial charge in [-0.25, -0.2) is 18.2 Å². The van der Waals surface area contributed by atoms with Crippen LogP contribution in [0.5, 0.6) is 17.2 Å². The van der Waals surface area contributed by atoms with Crippen LogP contribution in [0.25, 0.3) is 0 Å². The predicted octanol–water partition coefficient (Wildman–Crippen LogP) is 5.69. The highest BCUT2D eigenvalue weighted by Gasteiger charge is 2.15. The van der Waals surface area contributed by atoms with Crippen molar-refractivity contribution in [1.82, 2.24) is 15.3 Å². The smallest absolute Gasteiger partial charge is 0.407 e. The number of ether oxygens (including phenoxy) is 8. The lowest BCUT2D eigenvalue weighted by atomic mass is 10.1. The second-order valence-electron chi connectivity index (χ2n) is 12.0. The summed E-state index contributed by atoms with van der Waals surface area (Å²) in [4.78, 5) is 20.5. The van der Waals surface area contributed by atoms with Crippen LogP contribution in [0, 0.1) is 6.92 Å². The van der Waals surface area contributed by atoms with Crippen LogP contribution >= 0.6 is 11.6 Å². The minimum Gasteiger partial charge on any atom is -0.497 e. The molecule has 0 aliphatic carbocycles. The fourth-order valence-corrected chi connectivity index (χ4v) is 5.55. The maximum Gasteiger partial charge on any atom is 0.407 e. The van der Waals surface area contributed by atoms with Gasteiger partial charge in [-0.3, -0.25) is 4.72 Å². The molecule has 57 heavy (non-hydrogen) atoms. The number of rotatable bonds is 26. The molecule has 1 amide bonds. The number of aromatic nitrogens is 2. The summed E-state index contributed by atoms with van der Waals surface area (Å²) >= 11 is 6.41. The van der Waals surface area contributed by atoms with Crippen LogP contribution in [-0.2, 0) is 40.3 Å². The largest absolute Gasteiger partial charge is 0.497 e. The van der Waals surface area contributed by atoms with E-state index in [1.165, 1.54) is 19.4 Å². The maximum atomic E-state index is 12.0. The van der Waals surface area contributed by atoms with Crippen molar-refractivity contribution >= 4 is 56.5 Å². The molecule has 0 aliphatic rings. The van der Waals surface area contributed by atoms with Crippen LogP contribution in [0.1, 0.15) is 11.1 Å². The summed E-state index contributed by atoms with van der Waals surface area (Å²) in [7, 11) is -0.560. The van der Waals surface area contributed by atoms with Crippen molar-refractivity contribution in [2.45, 2.75) is 13.5 Å². The summed E-state index contributed by atoms with van der Waals surface area (Å²) in [5.41, 5.74) is 3.05. The number of sulfonamides is 1. The van der Waals surface area contributed by atoms with Gasteiger partial charge in [-0.05, 0) is 36.2 Å². The first kappa shape index (κ1) is 44.6. The highest BCUT2D eigenvalue weighted by Crippen LogP contribution is 2.36. The van der Waals surface area contributed by atoms with Gasteiger partial charge < -0.3 is 53.8 Å². The van der Waals surface area contributed by atoms with Gasteiger partial charge in [-0.15, -0.1) is 0 Å². The molecule has 1 aromatic heterocycles. The van der Waals surface area contributed by atoms with E-state index < -0.39 is 16.1 Å². The summed E-state index contributed by atoms with van der Waals surface area (Å²) in [6.07, 6.45) is 1.98. The minimum atomic E-state index is -3.59. The molecule has 3 aromatic carbocycles. The molecule has 0 saturated carbocycles. The van der Waals surface area contributed by atoms with E-state index >= 15 is 0 Å². The van der Waals surface area contributed by atoms with Gasteiger partial charge >= 0.3 is 6.09 Å². The second kappa shape index (κ2) is 23.8. The molecule has 4 N–H and O–H groups in total. The molecule has 310 valence electrons. The summed E-state index contributed by atoms with van der Waals surface area (Å²) in [6.45, 7) is 5.72. The third-order valence-corrected chi connectivity index (χ3v) is 8.47. The van der Waals surface area contributed by atoms with Gasteiger partial charge in [-0.1, -0.05) is 41.9 Å². The summed E-state index contributed by atoms with van der Waals surface area (Å²) in [6, 6.07) is 17.9. The van der Waals surface area contributed by atoms with Crippen molar-refractivity contribution in [2.75, 3.05) is 102 Å². The average molecular weight is 833 g/mol. The van der Waals surface area contributed by atoms with Crippen molar-refractivity contribution in [3.05, 3.63) is 83.0 Å². The fourth-order valence-electron chi connectivity index (χ4n) is 4.85. The molecule has 0 spiro atoms. The van der Waals surface area contributed by atoms with Crippen LogP contribution in [0.3, 0.4) is 0 Å². The lowest BCUT2D eigenvalue weighted by molar-refractivity contribution is -0.00434. The molecular weight excluding hydrogens is 784 g/mol. The number of hydrogen-bond acceptors (Lipinski definition) is 15. The van der Waals surface area contributed by atoms with E-state index in [0.29, 0.717) is 88.0 Å². The number of carbonyl (C=O) groups is 1. The molecule has 4 aromatic rings. The molecule has 17 nitrogen and oxygen atoms in total. The van der Waals surface area contributed by atoms with Gasteiger partial charge in [-0.2, -0.15) is 4.98 Å². The first-order chi connectivity index (χ1) is 27.5. The lowest BCUT2D eigenvalue weighted by Crippen LogP contribution is -2.28. The molecule has 0 radical (unpaired) electrons. The van der Waals surface area contributed by atoms with E-state index in [-0.39, 0.29) is 35.7 Å². The zero-order valence-corrected chi connectivity index (χ0v) is 33.9. The molecule has 19 heteroatoms. The second-order valence-corrected chi connectivity index (χ2v) is 14.2. The van der Waals surface area contributed by atoms with E-state index in [1.54, 1.807) is 25.3 Å². The number of anilines is 5. The topological polar surface area (TPSA) is 199 Å². The Morgan fingerprint density at radius 2 is 1.42 bits per heavy atom. The molecule has 0 unspecified atom stereocenters. The SMILES string of the molecule is COc1ccc(Nc2nc(Nc3cc(OCCOCCOCCOCCOCCNC(=O)OCc4ccccc4)c(OC)cc3C)ncc2Cl)c(NS(C)(=O)=O)c1. The number of benzene rings is 3. The highest BCUT2D eigenvalue weighted by atomic mass is 35.5. The van der Waals surface area contributed by atoms with Crippen molar-refractivity contribution < 1.29 is 51.1 Å². The van der Waals surface area contributed by atoms with E-state index in [2.05, 4.69) is 30.6 Å². The van der Waals surface area contributed by atoms with Gasteiger partial charge in [0.2, 0.25) is 16.0 Å². The average Bonchev–Trinajstić information content (AvgIpc) is 3.19. The summed E-state index contributed by atoms with van der Waals surface area (Å²) in [5.74, 6) is 1.92. The number of alkyl carbamates (subject to hydrolysis) is 1. The molecule has 0 saturated heterocycles. The number of halogens is 1. The number of nitrogens with one attached hydrogen (secondary N) is 4. The van der Waals surface area contributed by atoms with Crippen LogP contribution in [0.4, 0.5) is 33.6 Å². The van der Waals surface area contributed by atoms with Gasteiger partial charge in [0.05, 0.1) is 90.9 Å². The van der Waals surface area contributed by atoms with Gasteiger partial charge in [0.25, 0.3) is 0 Å². The Labute approximate surface area is 337 Å². The van der Waals surface area contributed by atoms with E-state index in [4.69, 9.17) is 49.5 Å². The molecule has 0 aliphatic heterocycles. The predicted molar refractivity (Wildman–Crippen MR) is 216 cm³/mol. The monoisotopic (exact) mass is 832 g/mol. The van der Waals surface area contributed by atoms with Crippen molar-refractivity contribution in [3.8, 4) is 17.2 Å². The Morgan fingerprint density at radius 1 is 0.754 bits per heavy atom. The highest BCUT2D eigenvalue weighted by molar-refractivity contribution is 7.92. The zero-order chi connectivity index (χ0) is 40.9. The van der Waals surface area contributed by atoms with Gasteiger partial charge in [0, 0.05) is 24.4 Å². The number of amides is 1. The molecule has 1 heterocycles. The third kappa shape index (κ3) is 16.5. The van der Waals surface area contributed by atoms with Crippen LogP contribution < -0.4 is 34.9 Å². The van der Waals surface area contributed by atoms with E-state index in [9.17, 15) is 13.2 Å². The Bertz CT molecular complexity index is 1960. The number of methoxy groups -OCH3 is 2. The number of carbonyl (C=O) groups excluding carboxylic acids is 1. The quantitative estimate of drug-likeness (QED) is 0.0563. The maximum absolute atomic E-state index is 12.0. The van der Waals surface area contributed by atoms with Crippen LogP contribution in [0.15, 0.2) is 66.9 Å². The molecule has 0 atom stereocenters. The third-order valence-electron chi connectivity index (χ3n) is 7.61. The van der Waals surface area contributed by atoms with Crippen LogP contribution in [0.2, 0.25) is 5.02 Å². The van der Waals surface area contributed by atoms with Crippen molar-refractivity contribution in [3.63, 3.8) is 0 Å². The Kier molecular flexibility index (Phi) is 18.7. The van der Waals surface area contributed by atoms with Crippen molar-refractivity contribution in [1.29, 1.82) is 0 Å². The van der Waals surface area contributed by atoms with Gasteiger partial charge in [0.15, 0.2) is 17.3 Å². The first-order valence-electron chi connectivity index (χ1n) is 17.8. The molecular formula is C38H49ClN6O11S. The molecule has 4 rings (SSSR count). The Morgan fingerprint density at radius 3 is 2.07 bits per heavy atom. The minimum absolute atomic E-state index is 0.208. The standard InChI is InChI=1S/C38H49ClN6O11S/c1-27-22-34(50-3)35(24-32(27)43-37-41-25-30(39)36(44-37)42-31-11-10-29(49-2)23-33(31)45-57(4,47)48)55-21-20-54-19-18-53-17-16-52-15-14-51-13-12-40-38(46)56-26-28-8-6-5-7-9-28/h5-11,22-25,45H,12-21,26H2,1-4H3,(H,40,46)(H2,41,42,43,44). The number of nitrogens with zero attached hydrogens (tertiary/aromatic N) is 2. The summed E-state index contributed by atoms with van der Waals surface area (Å²) < 4.78 is 70.5. The van der Waals surface area contributed by atoms with E-state index in [1.807, 2.05) is 43.3 Å². The number of aryl methyl sites for hydroxylation is 1. The molecule has 0 fully saturated rings. The fraction of sp³-hybridized carbons (Fsp3) is 0.395. The molecule has 0 bridgehead atoms. The lowest BCUT2D eigenvalue weighted by Gasteiger charge is -2.17. The Balaban J connectivity index is 1.11. The summed E-state index contributed by atoms with van der Waals surface area (Å²) in [5, 5.41) is 9.10. The van der Waals surface area contributed by atoms with Gasteiger partial charge in [0.1, 0.15) is 24.0 Å².